The molecule has 4 saturated carbocycles. The third-order valence-corrected chi connectivity index (χ3v) is 9.58. The summed E-state index contributed by atoms with van der Waals surface area (Å²) in [4.78, 5) is 19.6. The molecule has 4 aliphatic rings. The Hall–Kier alpha value is -2.88. The average Bonchev–Trinajstić information content (AvgIpc) is 3.32. The first kappa shape index (κ1) is 23.5. The van der Waals surface area contributed by atoms with Gasteiger partial charge >= 0.3 is 5.97 Å². The molecular weight excluding hydrogens is 444 g/mol. The summed E-state index contributed by atoms with van der Waals surface area (Å²) >= 11 is 0. The van der Waals surface area contributed by atoms with Gasteiger partial charge in [0.25, 0.3) is 0 Å². The normalized spacial score (nSPS) is 26.4. The fourth-order valence-corrected chi connectivity index (χ4v) is 8.09. The zero-order chi connectivity index (χ0) is 24.9. The maximum Gasteiger partial charge on any atom is 0.335 e. The number of aryl methyl sites for hydroxylation is 4. The topological polar surface area (TPSA) is 66.0 Å². The van der Waals surface area contributed by atoms with Crippen LogP contribution in [0.5, 0.6) is 0 Å². The van der Waals surface area contributed by atoms with Gasteiger partial charge in [0.2, 0.25) is 0 Å². The largest absolute Gasteiger partial charge is 0.478 e. The van der Waals surface area contributed by atoms with Gasteiger partial charge in [-0.15, -0.1) is 0 Å². The molecule has 4 bridgehead atoms. The maximum atomic E-state index is 11.3. The molecule has 36 heavy (non-hydrogen) atoms. The highest BCUT2D eigenvalue weighted by Gasteiger charge is 2.50. The molecule has 7 rings (SSSR count). The van der Waals surface area contributed by atoms with Crippen molar-refractivity contribution in [2.45, 2.75) is 78.1 Å². The van der Waals surface area contributed by atoms with Crippen molar-refractivity contribution >= 4 is 5.97 Å². The summed E-state index contributed by atoms with van der Waals surface area (Å²) in [7, 11) is 0. The van der Waals surface area contributed by atoms with Crippen LogP contribution in [0.3, 0.4) is 0 Å². The van der Waals surface area contributed by atoms with Crippen LogP contribution in [0.4, 0.5) is 0 Å². The molecule has 0 spiro atoms. The van der Waals surface area contributed by atoms with Crippen LogP contribution in [0.1, 0.15) is 83.3 Å². The van der Waals surface area contributed by atoms with E-state index in [0.717, 1.165) is 47.7 Å². The van der Waals surface area contributed by atoms with Crippen molar-refractivity contribution < 1.29 is 9.90 Å². The van der Waals surface area contributed by atoms with Gasteiger partial charge in [0.15, 0.2) is 0 Å². The number of carboxylic acids is 1. The van der Waals surface area contributed by atoms with Crippen LogP contribution in [0, 0.1) is 37.0 Å². The molecule has 4 heteroatoms. The molecule has 0 saturated heterocycles. The third kappa shape index (κ3) is 4.63. The number of hydrogen-bond acceptors (Lipinski definition) is 2. The highest BCUT2D eigenvalue weighted by atomic mass is 16.4. The van der Waals surface area contributed by atoms with E-state index in [-0.39, 0.29) is 0 Å². The Labute approximate surface area is 214 Å². The van der Waals surface area contributed by atoms with Crippen molar-refractivity contribution in [1.29, 1.82) is 0 Å². The van der Waals surface area contributed by atoms with Gasteiger partial charge in [0, 0.05) is 17.5 Å². The first-order valence-electron chi connectivity index (χ1n) is 13.8. The number of nitrogens with zero attached hydrogens (tertiary/aromatic N) is 1. The molecule has 0 aliphatic heterocycles. The standard InChI is InChI=1S/C32H38N2O2/c1-20-10-23(8-9-32-16-24-11-25(17-32)13-26(12-24)18-32)15-29(21(20)2)30-33-19-28(34-30)7-6-22-4-3-5-27(14-22)31(35)36/h3-5,10,14-15,19,24-26H,6-9,11-13,16-18H2,1-2H3,(H,33,34)(H,35,36). The SMILES string of the molecule is Cc1cc(CCC23CC4CC(CC(C4)C2)C3)cc(-c2ncc(CCc3cccc(C(=O)O)c3)[nH]2)c1C. The number of carboxylic acid groups (broad SMARTS) is 1. The number of hydrogen-bond donors (Lipinski definition) is 2. The van der Waals surface area contributed by atoms with Crippen molar-refractivity contribution in [3.05, 3.63) is 76.1 Å². The molecule has 1 heterocycles. The van der Waals surface area contributed by atoms with E-state index in [1.807, 2.05) is 18.3 Å². The third-order valence-electron chi connectivity index (χ3n) is 9.58. The van der Waals surface area contributed by atoms with E-state index in [0.29, 0.717) is 11.0 Å². The van der Waals surface area contributed by atoms with Gasteiger partial charge in [0.05, 0.1) is 5.56 Å². The second-order valence-corrected chi connectivity index (χ2v) is 12.3. The molecule has 188 valence electrons. The predicted molar refractivity (Wildman–Crippen MR) is 143 cm³/mol. The van der Waals surface area contributed by atoms with E-state index in [4.69, 9.17) is 4.98 Å². The van der Waals surface area contributed by atoms with E-state index in [1.165, 1.54) is 73.6 Å². The molecule has 0 atom stereocenters. The van der Waals surface area contributed by atoms with Gasteiger partial charge in [-0.25, -0.2) is 9.78 Å². The van der Waals surface area contributed by atoms with Crippen LogP contribution < -0.4 is 0 Å². The molecular formula is C32H38N2O2. The van der Waals surface area contributed by atoms with E-state index in [9.17, 15) is 9.90 Å². The molecule has 1 aromatic heterocycles. The number of H-pyrrole nitrogens is 1. The lowest BCUT2D eigenvalue weighted by atomic mass is 9.48. The first-order chi connectivity index (χ1) is 17.4. The van der Waals surface area contributed by atoms with Gasteiger partial charge in [-0.05, 0) is 142 Å². The van der Waals surface area contributed by atoms with Gasteiger partial charge in [-0.2, -0.15) is 0 Å². The summed E-state index contributed by atoms with van der Waals surface area (Å²) in [5, 5.41) is 9.25. The maximum absolute atomic E-state index is 11.3. The lowest BCUT2D eigenvalue weighted by molar-refractivity contribution is -0.0569. The van der Waals surface area contributed by atoms with E-state index >= 15 is 0 Å². The second kappa shape index (κ2) is 9.21. The zero-order valence-electron chi connectivity index (χ0n) is 21.6. The summed E-state index contributed by atoms with van der Waals surface area (Å²) in [5.74, 6) is 3.11. The quantitative estimate of drug-likeness (QED) is 0.353. The zero-order valence-corrected chi connectivity index (χ0v) is 21.6. The monoisotopic (exact) mass is 482 g/mol. The molecule has 0 amide bonds. The summed E-state index contributed by atoms with van der Waals surface area (Å²) in [5.41, 5.74) is 8.38. The molecule has 4 aliphatic carbocycles. The van der Waals surface area contributed by atoms with Crippen molar-refractivity contribution in [2.24, 2.45) is 23.2 Å². The molecule has 0 unspecified atom stereocenters. The lowest BCUT2D eigenvalue weighted by Crippen LogP contribution is -2.46. The number of aromatic carboxylic acids is 1. The van der Waals surface area contributed by atoms with Crippen LogP contribution >= 0.6 is 0 Å². The summed E-state index contributed by atoms with van der Waals surface area (Å²) in [6.07, 6.45) is 15.0. The average molecular weight is 483 g/mol. The van der Waals surface area contributed by atoms with Crippen molar-refractivity contribution in [3.8, 4) is 11.4 Å². The number of carbonyl (C=O) groups is 1. The predicted octanol–water partition coefficient (Wildman–Crippen LogP) is 7.33. The number of imidazole rings is 1. The second-order valence-electron chi connectivity index (χ2n) is 12.3. The van der Waals surface area contributed by atoms with Crippen molar-refractivity contribution in [2.75, 3.05) is 0 Å². The number of aromatic amines is 1. The smallest absolute Gasteiger partial charge is 0.335 e. The van der Waals surface area contributed by atoms with Crippen LogP contribution in [0.25, 0.3) is 11.4 Å². The van der Waals surface area contributed by atoms with Gasteiger partial charge in [-0.3, -0.25) is 0 Å². The Morgan fingerprint density at radius 1 is 0.972 bits per heavy atom. The highest BCUT2D eigenvalue weighted by Crippen LogP contribution is 2.61. The fraction of sp³-hybridized carbons (Fsp3) is 0.500. The fourth-order valence-electron chi connectivity index (χ4n) is 8.09. The van der Waals surface area contributed by atoms with E-state index in [1.54, 1.807) is 12.1 Å². The summed E-state index contributed by atoms with van der Waals surface area (Å²) in [6, 6.07) is 12.0. The number of rotatable bonds is 8. The Morgan fingerprint density at radius 3 is 2.39 bits per heavy atom. The number of aromatic nitrogens is 2. The molecule has 0 radical (unpaired) electrons. The first-order valence-corrected chi connectivity index (χ1v) is 13.8. The summed E-state index contributed by atoms with van der Waals surface area (Å²) in [6.45, 7) is 4.43. The minimum atomic E-state index is -0.880. The molecule has 4 nitrogen and oxygen atoms in total. The van der Waals surface area contributed by atoms with E-state index < -0.39 is 5.97 Å². The summed E-state index contributed by atoms with van der Waals surface area (Å²) < 4.78 is 0. The van der Waals surface area contributed by atoms with Crippen molar-refractivity contribution in [1.82, 2.24) is 9.97 Å². The van der Waals surface area contributed by atoms with Gasteiger partial charge in [0.1, 0.15) is 5.82 Å². The van der Waals surface area contributed by atoms with Crippen LogP contribution in [-0.2, 0) is 19.3 Å². The van der Waals surface area contributed by atoms with Crippen LogP contribution in [-0.4, -0.2) is 21.0 Å². The lowest BCUT2D eigenvalue weighted by Gasteiger charge is -2.57. The van der Waals surface area contributed by atoms with Gasteiger partial charge in [-0.1, -0.05) is 18.2 Å². The highest BCUT2D eigenvalue weighted by molar-refractivity contribution is 5.87. The van der Waals surface area contributed by atoms with Gasteiger partial charge < -0.3 is 10.1 Å². The number of benzene rings is 2. The minimum absolute atomic E-state index is 0.342. The van der Waals surface area contributed by atoms with Crippen LogP contribution in [0.15, 0.2) is 42.6 Å². The number of nitrogens with one attached hydrogen (secondary N) is 1. The van der Waals surface area contributed by atoms with Crippen molar-refractivity contribution in [3.63, 3.8) is 0 Å². The Bertz CT molecular complexity index is 1250. The molecule has 2 N–H and O–H groups in total. The molecule has 2 aromatic carbocycles. The van der Waals surface area contributed by atoms with E-state index in [2.05, 4.69) is 31.0 Å². The molecule has 3 aromatic rings. The Kier molecular flexibility index (Phi) is 6.02. The van der Waals surface area contributed by atoms with Crippen LogP contribution in [0.2, 0.25) is 0 Å². The minimum Gasteiger partial charge on any atom is -0.478 e. The molecule has 4 fully saturated rings. The Morgan fingerprint density at radius 2 is 1.69 bits per heavy atom. The Balaban J connectivity index is 1.15.